The van der Waals surface area contributed by atoms with Crippen molar-refractivity contribution in [2.45, 2.75) is 19.4 Å². The van der Waals surface area contributed by atoms with Crippen molar-refractivity contribution in [3.8, 4) is 5.75 Å². The van der Waals surface area contributed by atoms with Gasteiger partial charge in [-0.2, -0.15) is 0 Å². The zero-order valence-electron chi connectivity index (χ0n) is 10.8. The van der Waals surface area contributed by atoms with Gasteiger partial charge in [0.1, 0.15) is 11.9 Å². The average molecular weight is 396 g/mol. The second-order valence-electron chi connectivity index (χ2n) is 4.91. The highest BCUT2D eigenvalue weighted by Gasteiger charge is 2.27. The molecular weight excluding hydrogens is 384 g/mol. The van der Waals surface area contributed by atoms with Gasteiger partial charge in [0.15, 0.2) is 5.78 Å². The second kappa shape index (κ2) is 5.34. The minimum Gasteiger partial charge on any atom is -0.484 e. The van der Waals surface area contributed by atoms with Gasteiger partial charge in [0.25, 0.3) is 0 Å². The molecule has 0 aliphatic carbocycles. The Labute approximate surface area is 134 Å². The smallest absolute Gasteiger partial charge is 0.170 e. The highest BCUT2D eigenvalue weighted by Crippen LogP contribution is 2.37. The highest BCUT2D eigenvalue weighted by molar-refractivity contribution is 9.13. The van der Waals surface area contributed by atoms with Gasteiger partial charge < -0.3 is 4.74 Å². The van der Waals surface area contributed by atoms with Gasteiger partial charge in [0, 0.05) is 8.95 Å². The number of Topliss-reactive ketones (excluding diaryl/α,β-unsaturated/α-hetero) is 1. The number of halogens is 2. The second-order valence-corrected chi connectivity index (χ2v) is 6.62. The first-order chi connectivity index (χ1) is 9.54. The Morgan fingerprint density at radius 1 is 1.10 bits per heavy atom. The molecule has 1 heterocycles. The molecule has 0 saturated heterocycles. The molecule has 0 radical (unpaired) electrons. The Morgan fingerprint density at radius 3 is 2.65 bits per heavy atom. The van der Waals surface area contributed by atoms with Crippen molar-refractivity contribution in [2.75, 3.05) is 0 Å². The van der Waals surface area contributed by atoms with E-state index < -0.39 is 0 Å². The molecule has 1 atom stereocenters. The first-order valence-electron chi connectivity index (χ1n) is 6.30. The van der Waals surface area contributed by atoms with Crippen molar-refractivity contribution in [3.63, 3.8) is 0 Å². The quantitative estimate of drug-likeness (QED) is 0.661. The Kier molecular flexibility index (Phi) is 3.69. The molecule has 1 aliphatic rings. The number of ether oxygens (including phenoxy) is 1. The van der Waals surface area contributed by atoms with Gasteiger partial charge in [0.05, 0.1) is 12.0 Å². The molecule has 102 valence electrons. The van der Waals surface area contributed by atoms with E-state index in [1.54, 1.807) is 0 Å². The normalized spacial score (nSPS) is 17.6. The fraction of sp³-hybridized carbons (Fsp3) is 0.188. The molecule has 1 aliphatic heterocycles. The first-order valence-corrected chi connectivity index (χ1v) is 7.88. The number of hydrogen-bond donors (Lipinski definition) is 0. The van der Waals surface area contributed by atoms with Crippen molar-refractivity contribution in [2.24, 2.45) is 0 Å². The monoisotopic (exact) mass is 394 g/mol. The molecule has 4 heteroatoms. The topological polar surface area (TPSA) is 26.3 Å². The van der Waals surface area contributed by atoms with Crippen LogP contribution in [-0.2, 0) is 0 Å². The van der Waals surface area contributed by atoms with Crippen LogP contribution in [0.4, 0.5) is 0 Å². The van der Waals surface area contributed by atoms with E-state index in [1.807, 2.05) is 43.3 Å². The average Bonchev–Trinajstić information content (AvgIpc) is 2.42. The molecule has 0 bridgehead atoms. The van der Waals surface area contributed by atoms with Crippen LogP contribution in [-0.4, -0.2) is 5.78 Å². The minimum atomic E-state index is -0.220. The van der Waals surface area contributed by atoms with Gasteiger partial charge in [-0.1, -0.05) is 17.7 Å². The minimum absolute atomic E-state index is 0.138. The number of carbonyl (C=O) groups is 1. The van der Waals surface area contributed by atoms with Crippen LogP contribution in [0.15, 0.2) is 45.3 Å². The maximum absolute atomic E-state index is 12.3. The third kappa shape index (κ3) is 2.54. The molecular formula is C16H12Br2O2. The van der Waals surface area contributed by atoms with E-state index >= 15 is 0 Å². The van der Waals surface area contributed by atoms with Crippen LogP contribution in [0, 0.1) is 6.92 Å². The van der Waals surface area contributed by atoms with Crippen LogP contribution in [0.5, 0.6) is 5.75 Å². The Hall–Kier alpha value is -1.13. The molecule has 2 nitrogen and oxygen atoms in total. The van der Waals surface area contributed by atoms with Crippen molar-refractivity contribution in [3.05, 3.63) is 62.0 Å². The SMILES string of the molecule is Cc1ccc2c(c1)C(=O)CC(c1ccc(Br)c(Br)c1)O2. The summed E-state index contributed by atoms with van der Waals surface area (Å²) in [4.78, 5) is 12.3. The number of rotatable bonds is 1. The van der Waals surface area contributed by atoms with Crippen LogP contribution < -0.4 is 4.74 Å². The molecule has 0 N–H and O–H groups in total. The van der Waals surface area contributed by atoms with Crippen molar-refractivity contribution in [1.29, 1.82) is 0 Å². The van der Waals surface area contributed by atoms with E-state index in [4.69, 9.17) is 4.74 Å². The Balaban J connectivity index is 1.97. The van der Waals surface area contributed by atoms with Gasteiger partial charge in [-0.15, -0.1) is 0 Å². The third-order valence-corrected chi connectivity index (χ3v) is 5.27. The summed E-state index contributed by atoms with van der Waals surface area (Å²) in [6.07, 6.45) is 0.159. The number of aryl methyl sites for hydroxylation is 1. The van der Waals surface area contributed by atoms with Gasteiger partial charge in [-0.3, -0.25) is 4.79 Å². The summed E-state index contributed by atoms with van der Waals surface area (Å²) in [5.74, 6) is 0.815. The van der Waals surface area contributed by atoms with Crippen molar-refractivity contribution < 1.29 is 9.53 Å². The number of hydrogen-bond acceptors (Lipinski definition) is 2. The summed E-state index contributed by atoms with van der Waals surface area (Å²) in [6.45, 7) is 1.98. The number of ketones is 1. The maximum atomic E-state index is 12.3. The number of carbonyl (C=O) groups excluding carboxylic acids is 1. The van der Waals surface area contributed by atoms with Crippen LogP contribution >= 0.6 is 31.9 Å². The molecule has 0 spiro atoms. The van der Waals surface area contributed by atoms with Crippen LogP contribution in [0.2, 0.25) is 0 Å². The lowest BCUT2D eigenvalue weighted by Crippen LogP contribution is -2.20. The fourth-order valence-corrected chi connectivity index (χ4v) is 2.98. The van der Waals surface area contributed by atoms with E-state index in [0.29, 0.717) is 17.7 Å². The third-order valence-electron chi connectivity index (χ3n) is 3.39. The zero-order chi connectivity index (χ0) is 14.3. The number of fused-ring (bicyclic) bond motifs is 1. The van der Waals surface area contributed by atoms with Crippen LogP contribution in [0.25, 0.3) is 0 Å². The Morgan fingerprint density at radius 2 is 1.90 bits per heavy atom. The molecule has 20 heavy (non-hydrogen) atoms. The molecule has 0 amide bonds. The van der Waals surface area contributed by atoms with E-state index in [0.717, 1.165) is 20.1 Å². The molecule has 0 fully saturated rings. The van der Waals surface area contributed by atoms with Gasteiger partial charge in [-0.05, 0) is 68.6 Å². The van der Waals surface area contributed by atoms with E-state index in [9.17, 15) is 4.79 Å². The molecule has 0 aromatic heterocycles. The number of benzene rings is 2. The van der Waals surface area contributed by atoms with E-state index in [-0.39, 0.29) is 11.9 Å². The largest absolute Gasteiger partial charge is 0.484 e. The molecule has 0 saturated carbocycles. The first kappa shape index (κ1) is 13.8. The van der Waals surface area contributed by atoms with Crippen LogP contribution in [0.1, 0.15) is 34.0 Å². The standard InChI is InChI=1S/C16H12Br2O2/c1-9-2-5-15-11(6-9)14(19)8-16(20-15)10-3-4-12(17)13(18)7-10/h2-7,16H,8H2,1H3. The predicted octanol–water partition coefficient (Wildman–Crippen LogP) is 5.23. The molecule has 1 unspecified atom stereocenters. The lowest BCUT2D eigenvalue weighted by Gasteiger charge is -2.26. The summed E-state index contributed by atoms with van der Waals surface area (Å²) in [5, 5.41) is 0. The fourth-order valence-electron chi connectivity index (χ4n) is 2.34. The van der Waals surface area contributed by atoms with Gasteiger partial charge in [0.2, 0.25) is 0 Å². The summed E-state index contributed by atoms with van der Waals surface area (Å²) in [5.41, 5.74) is 2.77. The highest BCUT2D eigenvalue weighted by atomic mass is 79.9. The summed E-state index contributed by atoms with van der Waals surface area (Å²) < 4.78 is 7.93. The van der Waals surface area contributed by atoms with Crippen LogP contribution in [0.3, 0.4) is 0 Å². The van der Waals surface area contributed by atoms with Crippen molar-refractivity contribution >= 4 is 37.6 Å². The predicted molar refractivity (Wildman–Crippen MR) is 85.3 cm³/mol. The van der Waals surface area contributed by atoms with E-state index in [2.05, 4.69) is 31.9 Å². The summed E-state index contributed by atoms with van der Waals surface area (Å²) in [7, 11) is 0. The molecule has 2 aromatic rings. The maximum Gasteiger partial charge on any atom is 0.170 e. The summed E-state index contributed by atoms with van der Waals surface area (Å²) >= 11 is 6.93. The summed E-state index contributed by atoms with van der Waals surface area (Å²) in [6, 6.07) is 11.7. The van der Waals surface area contributed by atoms with Gasteiger partial charge >= 0.3 is 0 Å². The van der Waals surface area contributed by atoms with Gasteiger partial charge in [-0.25, -0.2) is 0 Å². The van der Waals surface area contributed by atoms with Crippen molar-refractivity contribution in [1.82, 2.24) is 0 Å². The molecule has 2 aromatic carbocycles. The Bertz CT molecular complexity index is 695. The zero-order valence-corrected chi connectivity index (χ0v) is 14.0. The molecule has 3 rings (SSSR count). The lowest BCUT2D eigenvalue weighted by atomic mass is 9.95. The lowest BCUT2D eigenvalue weighted by molar-refractivity contribution is 0.0850. The van der Waals surface area contributed by atoms with E-state index in [1.165, 1.54) is 0 Å².